The molecule has 2 saturated heterocycles. The van der Waals surface area contributed by atoms with Crippen LogP contribution in [0.5, 0.6) is 0 Å². The van der Waals surface area contributed by atoms with Gasteiger partial charge in [0.1, 0.15) is 19.0 Å². The zero-order valence-electron chi connectivity index (χ0n) is 13.6. The lowest BCUT2D eigenvalue weighted by molar-refractivity contribution is -0.150. The van der Waals surface area contributed by atoms with Crippen LogP contribution >= 0.6 is 0 Å². The Labute approximate surface area is 145 Å². The van der Waals surface area contributed by atoms with Crippen LogP contribution in [0.3, 0.4) is 0 Å². The van der Waals surface area contributed by atoms with Gasteiger partial charge < -0.3 is 15.0 Å². The molecule has 0 unspecified atom stereocenters. The number of hydrogen-bond donors (Lipinski definition) is 1. The largest absolute Gasteiger partial charge is 0.364 e. The molecule has 2 fully saturated rings. The maximum absolute atomic E-state index is 12.7. The second-order valence-corrected chi connectivity index (χ2v) is 6.31. The summed E-state index contributed by atoms with van der Waals surface area (Å²) >= 11 is 0. The fourth-order valence-electron chi connectivity index (χ4n) is 3.63. The highest BCUT2D eigenvalue weighted by Gasteiger charge is 2.49. The summed E-state index contributed by atoms with van der Waals surface area (Å²) in [6.45, 7) is 0.932. The number of piperidine rings is 1. The summed E-state index contributed by atoms with van der Waals surface area (Å²) < 4.78 is 5.83. The molecule has 0 bridgehead atoms. The minimum absolute atomic E-state index is 0.00965. The van der Waals surface area contributed by atoms with Gasteiger partial charge in [0.25, 0.3) is 5.91 Å². The fourth-order valence-corrected chi connectivity index (χ4v) is 3.63. The molecule has 2 aromatic rings. The highest BCUT2D eigenvalue weighted by molar-refractivity contribution is 5.93. The molecule has 2 aliphatic rings. The molecule has 0 saturated carbocycles. The molecule has 1 aromatic carbocycles. The quantitative estimate of drug-likeness (QED) is 0.873. The van der Waals surface area contributed by atoms with Gasteiger partial charge in [-0.1, -0.05) is 30.3 Å². The van der Waals surface area contributed by atoms with Gasteiger partial charge in [-0.25, -0.2) is 9.97 Å². The van der Waals surface area contributed by atoms with E-state index >= 15 is 0 Å². The number of hydrogen-bond acceptors (Lipinski definition) is 5. The number of amides is 2. The number of ether oxygens (including phenoxy) is 1. The van der Waals surface area contributed by atoms with E-state index in [1.165, 1.54) is 18.7 Å². The molecule has 3 heterocycles. The van der Waals surface area contributed by atoms with E-state index < -0.39 is 5.54 Å². The molecule has 7 nitrogen and oxygen atoms in total. The highest BCUT2D eigenvalue weighted by Crippen LogP contribution is 2.37. The van der Waals surface area contributed by atoms with Crippen molar-refractivity contribution in [2.75, 3.05) is 19.7 Å². The molecular weight excluding hydrogens is 320 g/mol. The Kier molecular flexibility index (Phi) is 3.93. The summed E-state index contributed by atoms with van der Waals surface area (Å²) in [5, 5.41) is 3.12. The number of carbonyl (C=O) groups excluding carboxylic acids is 2. The SMILES string of the molecule is O=C1CO[C@@H]2CN(C(=O)c3cncnc3)CC[C@@]2(c2ccccc2)N1. The molecule has 2 atom stereocenters. The van der Waals surface area contributed by atoms with Crippen molar-refractivity contribution in [3.05, 3.63) is 60.2 Å². The Morgan fingerprint density at radius 1 is 1.24 bits per heavy atom. The summed E-state index contributed by atoms with van der Waals surface area (Å²) in [5.41, 5.74) is 0.860. The Bertz CT molecular complexity index is 783. The summed E-state index contributed by atoms with van der Waals surface area (Å²) in [6.07, 6.45) is 4.71. The first-order valence-electron chi connectivity index (χ1n) is 8.21. The fraction of sp³-hybridized carbons (Fsp3) is 0.333. The third kappa shape index (κ3) is 2.76. The third-order valence-electron chi connectivity index (χ3n) is 4.87. The number of nitrogens with one attached hydrogen (secondary N) is 1. The molecular formula is C18H18N4O3. The van der Waals surface area contributed by atoms with Crippen LogP contribution in [0.1, 0.15) is 22.3 Å². The topological polar surface area (TPSA) is 84.4 Å². The Morgan fingerprint density at radius 3 is 2.76 bits per heavy atom. The van der Waals surface area contributed by atoms with E-state index in [0.29, 0.717) is 25.1 Å². The molecule has 0 radical (unpaired) electrons. The average molecular weight is 338 g/mol. The van der Waals surface area contributed by atoms with Crippen LogP contribution in [-0.4, -0.2) is 52.5 Å². The normalized spacial score (nSPS) is 25.8. The molecule has 0 aliphatic carbocycles. The summed E-state index contributed by atoms with van der Waals surface area (Å²) in [4.78, 5) is 34.2. The van der Waals surface area contributed by atoms with Gasteiger partial charge in [0.05, 0.1) is 11.1 Å². The molecule has 128 valence electrons. The lowest BCUT2D eigenvalue weighted by atomic mass is 9.77. The van der Waals surface area contributed by atoms with Crippen LogP contribution in [0.15, 0.2) is 49.1 Å². The number of morpholine rings is 1. The van der Waals surface area contributed by atoms with E-state index in [2.05, 4.69) is 15.3 Å². The van der Waals surface area contributed by atoms with E-state index in [-0.39, 0.29) is 24.5 Å². The van der Waals surface area contributed by atoms with Crippen molar-refractivity contribution in [1.82, 2.24) is 20.2 Å². The van der Waals surface area contributed by atoms with Gasteiger partial charge in [0, 0.05) is 25.5 Å². The van der Waals surface area contributed by atoms with Crippen molar-refractivity contribution in [2.24, 2.45) is 0 Å². The standard InChI is InChI=1S/C18H18N4O3/c23-16-11-25-15-10-22(17(24)13-8-19-12-20-9-13)7-6-18(15,21-16)14-4-2-1-3-5-14/h1-5,8-9,12,15H,6-7,10-11H2,(H,21,23)/t15-,18+/m1/s1. The van der Waals surface area contributed by atoms with Crippen molar-refractivity contribution >= 4 is 11.8 Å². The number of nitrogens with zero attached hydrogens (tertiary/aromatic N) is 3. The van der Waals surface area contributed by atoms with Crippen LogP contribution < -0.4 is 5.32 Å². The molecule has 1 N–H and O–H groups in total. The maximum atomic E-state index is 12.7. The van der Waals surface area contributed by atoms with E-state index in [1.807, 2.05) is 30.3 Å². The predicted molar refractivity (Wildman–Crippen MR) is 88.6 cm³/mol. The van der Waals surface area contributed by atoms with Gasteiger partial charge >= 0.3 is 0 Å². The van der Waals surface area contributed by atoms with Crippen LogP contribution in [0.4, 0.5) is 0 Å². The monoisotopic (exact) mass is 338 g/mol. The lowest BCUT2D eigenvalue weighted by Gasteiger charge is -2.50. The average Bonchev–Trinajstić information content (AvgIpc) is 2.68. The molecule has 25 heavy (non-hydrogen) atoms. The van der Waals surface area contributed by atoms with Gasteiger partial charge in [-0.05, 0) is 12.0 Å². The van der Waals surface area contributed by atoms with Gasteiger partial charge in [0.2, 0.25) is 5.91 Å². The van der Waals surface area contributed by atoms with Crippen molar-refractivity contribution in [3.63, 3.8) is 0 Å². The minimum Gasteiger partial charge on any atom is -0.364 e. The third-order valence-corrected chi connectivity index (χ3v) is 4.87. The molecule has 1 aromatic heterocycles. The first-order chi connectivity index (χ1) is 12.2. The van der Waals surface area contributed by atoms with Crippen molar-refractivity contribution in [2.45, 2.75) is 18.1 Å². The van der Waals surface area contributed by atoms with E-state index in [1.54, 1.807) is 4.90 Å². The van der Waals surface area contributed by atoms with Crippen LogP contribution in [-0.2, 0) is 15.1 Å². The van der Waals surface area contributed by atoms with Crippen LogP contribution in [0.25, 0.3) is 0 Å². The summed E-state index contributed by atoms with van der Waals surface area (Å²) in [6, 6.07) is 9.81. The van der Waals surface area contributed by atoms with Crippen molar-refractivity contribution < 1.29 is 14.3 Å². The smallest absolute Gasteiger partial charge is 0.257 e. The lowest BCUT2D eigenvalue weighted by Crippen LogP contribution is -2.67. The molecule has 7 heteroatoms. The second kappa shape index (κ2) is 6.25. The minimum atomic E-state index is -0.597. The molecule has 2 aliphatic heterocycles. The number of aromatic nitrogens is 2. The van der Waals surface area contributed by atoms with Crippen molar-refractivity contribution in [3.8, 4) is 0 Å². The first-order valence-corrected chi connectivity index (χ1v) is 8.21. The zero-order chi connectivity index (χ0) is 17.3. The highest BCUT2D eigenvalue weighted by atomic mass is 16.5. The number of carbonyl (C=O) groups is 2. The second-order valence-electron chi connectivity index (χ2n) is 6.31. The summed E-state index contributed by atoms with van der Waals surface area (Å²) in [5.74, 6) is -0.251. The molecule has 0 spiro atoms. The van der Waals surface area contributed by atoms with E-state index in [9.17, 15) is 9.59 Å². The van der Waals surface area contributed by atoms with E-state index in [4.69, 9.17) is 4.74 Å². The van der Waals surface area contributed by atoms with Crippen LogP contribution in [0, 0.1) is 0 Å². The Morgan fingerprint density at radius 2 is 2.00 bits per heavy atom. The van der Waals surface area contributed by atoms with Gasteiger partial charge in [-0.2, -0.15) is 0 Å². The predicted octanol–water partition coefficient (Wildman–Crippen LogP) is 0.733. The van der Waals surface area contributed by atoms with Gasteiger partial charge in [0.15, 0.2) is 0 Å². The first kappa shape index (κ1) is 15.7. The number of likely N-dealkylation sites (tertiary alicyclic amines) is 1. The molecule has 2 amide bonds. The van der Waals surface area contributed by atoms with E-state index in [0.717, 1.165) is 5.56 Å². The van der Waals surface area contributed by atoms with Gasteiger partial charge in [-0.15, -0.1) is 0 Å². The summed E-state index contributed by atoms with van der Waals surface area (Å²) in [7, 11) is 0. The number of rotatable bonds is 2. The van der Waals surface area contributed by atoms with Crippen molar-refractivity contribution in [1.29, 1.82) is 0 Å². The maximum Gasteiger partial charge on any atom is 0.257 e. The number of benzene rings is 1. The Balaban J connectivity index is 1.62. The van der Waals surface area contributed by atoms with Crippen LogP contribution in [0.2, 0.25) is 0 Å². The number of fused-ring (bicyclic) bond motifs is 1. The zero-order valence-corrected chi connectivity index (χ0v) is 13.6. The van der Waals surface area contributed by atoms with Gasteiger partial charge in [-0.3, -0.25) is 9.59 Å². The molecule has 4 rings (SSSR count). The Hall–Kier alpha value is -2.80.